The van der Waals surface area contributed by atoms with Crippen LogP contribution in [0.5, 0.6) is 0 Å². The van der Waals surface area contributed by atoms with E-state index in [9.17, 15) is 8.42 Å². The van der Waals surface area contributed by atoms with E-state index in [0.29, 0.717) is 24.5 Å². The van der Waals surface area contributed by atoms with Gasteiger partial charge in [-0.15, -0.1) is 0 Å². The molecule has 0 radical (unpaired) electrons. The lowest BCUT2D eigenvalue weighted by atomic mass is 10.2. The van der Waals surface area contributed by atoms with E-state index in [2.05, 4.69) is 0 Å². The number of sulfonamides is 1. The molecule has 0 spiro atoms. The normalized spacial score (nSPS) is 24.0. The number of hydrogen-bond donors (Lipinski definition) is 1. The first-order valence-electron chi connectivity index (χ1n) is 5.48. The first-order chi connectivity index (χ1) is 8.05. The van der Waals surface area contributed by atoms with Crippen LogP contribution in [0.25, 0.3) is 0 Å². The zero-order chi connectivity index (χ0) is 12.5. The summed E-state index contributed by atoms with van der Waals surface area (Å²) in [6, 6.07) is 7.28. The molecule has 1 unspecified atom stereocenters. The maximum absolute atomic E-state index is 12.0. The van der Waals surface area contributed by atoms with Gasteiger partial charge in [-0.25, -0.2) is 8.42 Å². The maximum atomic E-state index is 12.0. The predicted molar refractivity (Wildman–Crippen MR) is 68.2 cm³/mol. The van der Waals surface area contributed by atoms with Crippen molar-refractivity contribution in [2.45, 2.75) is 18.2 Å². The summed E-state index contributed by atoms with van der Waals surface area (Å²) >= 11 is 6.02. The third kappa shape index (κ3) is 2.47. The minimum atomic E-state index is -3.24. The smallest absolute Gasteiger partial charge is 0.218 e. The number of rotatable bonds is 3. The van der Waals surface area contributed by atoms with Crippen molar-refractivity contribution in [3.63, 3.8) is 0 Å². The fourth-order valence-electron chi connectivity index (χ4n) is 2.00. The third-order valence-corrected chi connectivity index (χ3v) is 5.72. The van der Waals surface area contributed by atoms with Gasteiger partial charge in [0, 0.05) is 24.7 Å². The average molecular weight is 275 g/mol. The molecule has 17 heavy (non-hydrogen) atoms. The van der Waals surface area contributed by atoms with Gasteiger partial charge in [-0.3, -0.25) is 0 Å². The topological polar surface area (TPSA) is 63.4 Å². The lowest BCUT2D eigenvalue weighted by Gasteiger charge is -2.16. The molecule has 1 fully saturated rings. The summed E-state index contributed by atoms with van der Waals surface area (Å²) < 4.78 is 25.5. The van der Waals surface area contributed by atoms with Gasteiger partial charge in [-0.2, -0.15) is 4.31 Å². The summed E-state index contributed by atoms with van der Waals surface area (Å²) in [7, 11) is -3.24. The van der Waals surface area contributed by atoms with Crippen molar-refractivity contribution in [1.82, 2.24) is 4.31 Å². The van der Waals surface area contributed by atoms with Crippen LogP contribution in [0.1, 0.15) is 12.0 Å². The lowest BCUT2D eigenvalue weighted by Crippen LogP contribution is -2.32. The van der Waals surface area contributed by atoms with Gasteiger partial charge in [0.2, 0.25) is 10.0 Å². The summed E-state index contributed by atoms with van der Waals surface area (Å²) in [5.74, 6) is 0. The highest BCUT2D eigenvalue weighted by Crippen LogP contribution is 2.25. The average Bonchev–Trinajstić information content (AvgIpc) is 2.57. The van der Waals surface area contributed by atoms with Crippen LogP contribution in [0.2, 0.25) is 5.02 Å². The molecule has 1 saturated heterocycles. The van der Waals surface area contributed by atoms with E-state index in [0.717, 1.165) is 5.56 Å². The van der Waals surface area contributed by atoms with E-state index in [-0.39, 0.29) is 6.54 Å². The van der Waals surface area contributed by atoms with Gasteiger partial charge in [0.15, 0.2) is 0 Å². The minimum absolute atomic E-state index is 0.182. The summed E-state index contributed by atoms with van der Waals surface area (Å²) in [6.07, 6.45) is 0.600. The van der Waals surface area contributed by atoms with Crippen molar-refractivity contribution in [2.75, 3.05) is 13.1 Å². The van der Waals surface area contributed by atoms with Crippen LogP contribution < -0.4 is 5.73 Å². The molecule has 2 rings (SSSR count). The molecule has 0 bridgehead atoms. The highest BCUT2D eigenvalue weighted by atomic mass is 35.5. The molecule has 0 saturated carbocycles. The highest BCUT2D eigenvalue weighted by Gasteiger charge is 2.37. The van der Waals surface area contributed by atoms with E-state index in [1.165, 1.54) is 4.31 Å². The molecule has 1 atom stereocenters. The Morgan fingerprint density at radius 1 is 1.41 bits per heavy atom. The van der Waals surface area contributed by atoms with Gasteiger partial charge < -0.3 is 5.73 Å². The van der Waals surface area contributed by atoms with E-state index in [1.807, 2.05) is 18.2 Å². The Morgan fingerprint density at radius 3 is 2.71 bits per heavy atom. The zero-order valence-corrected chi connectivity index (χ0v) is 10.9. The number of hydrogen-bond acceptors (Lipinski definition) is 3. The van der Waals surface area contributed by atoms with Crippen LogP contribution in [0, 0.1) is 0 Å². The Balaban J connectivity index is 2.19. The van der Waals surface area contributed by atoms with Crippen LogP contribution >= 0.6 is 11.6 Å². The zero-order valence-electron chi connectivity index (χ0n) is 9.34. The predicted octanol–water partition coefficient (Wildman–Crippen LogP) is 1.20. The van der Waals surface area contributed by atoms with Crippen molar-refractivity contribution in [1.29, 1.82) is 0 Å². The highest BCUT2D eigenvalue weighted by molar-refractivity contribution is 7.90. The van der Waals surface area contributed by atoms with Crippen molar-refractivity contribution >= 4 is 21.6 Å². The minimum Gasteiger partial charge on any atom is -0.329 e. The van der Waals surface area contributed by atoms with Crippen LogP contribution in [0.15, 0.2) is 24.3 Å². The summed E-state index contributed by atoms with van der Waals surface area (Å²) in [5.41, 5.74) is 6.29. The molecule has 1 aromatic carbocycles. The molecule has 1 aliphatic rings. The van der Waals surface area contributed by atoms with Crippen LogP contribution in [0.4, 0.5) is 0 Å². The molecule has 0 aliphatic carbocycles. The van der Waals surface area contributed by atoms with Gasteiger partial charge in [-0.1, -0.05) is 29.8 Å². The molecule has 4 nitrogen and oxygen atoms in total. The van der Waals surface area contributed by atoms with Crippen LogP contribution in [-0.2, 0) is 16.6 Å². The van der Waals surface area contributed by atoms with Gasteiger partial charge in [-0.05, 0) is 18.1 Å². The molecular weight excluding hydrogens is 260 g/mol. The van der Waals surface area contributed by atoms with E-state index in [4.69, 9.17) is 17.3 Å². The number of halogens is 1. The van der Waals surface area contributed by atoms with E-state index in [1.54, 1.807) is 6.07 Å². The molecule has 1 aromatic rings. The van der Waals surface area contributed by atoms with E-state index >= 15 is 0 Å². The fraction of sp³-hybridized carbons (Fsp3) is 0.455. The summed E-state index contributed by atoms with van der Waals surface area (Å²) in [4.78, 5) is 0. The van der Waals surface area contributed by atoms with Gasteiger partial charge in [0.05, 0.1) is 5.25 Å². The number of nitrogens with two attached hydrogens (primary N) is 1. The lowest BCUT2D eigenvalue weighted by molar-refractivity contribution is 0.440. The fourth-order valence-corrected chi connectivity index (χ4v) is 3.94. The van der Waals surface area contributed by atoms with Crippen molar-refractivity contribution in [3.8, 4) is 0 Å². The second-order valence-electron chi connectivity index (χ2n) is 4.12. The Kier molecular flexibility index (Phi) is 3.73. The van der Waals surface area contributed by atoms with Crippen LogP contribution in [-0.4, -0.2) is 31.1 Å². The van der Waals surface area contributed by atoms with Crippen molar-refractivity contribution in [3.05, 3.63) is 34.9 Å². The maximum Gasteiger partial charge on any atom is 0.218 e. The third-order valence-electron chi connectivity index (χ3n) is 3.05. The Hall–Kier alpha value is -0.620. The van der Waals surface area contributed by atoms with Crippen LogP contribution in [0.3, 0.4) is 0 Å². The first kappa shape index (κ1) is 12.8. The molecular formula is C11H15ClN2O2S. The molecule has 1 aliphatic heterocycles. The summed E-state index contributed by atoms with van der Waals surface area (Å²) in [5, 5.41) is 0.156. The van der Waals surface area contributed by atoms with Crippen molar-refractivity contribution < 1.29 is 8.42 Å². The van der Waals surface area contributed by atoms with Crippen molar-refractivity contribution in [2.24, 2.45) is 5.73 Å². The standard InChI is InChI=1S/C11H15ClN2O2S/c12-11-4-2-1-3-9(11)8-14-6-5-10(7-13)17(14,15)16/h1-4,10H,5-8,13H2. The first-order valence-corrected chi connectivity index (χ1v) is 7.36. The molecule has 0 aromatic heterocycles. The van der Waals surface area contributed by atoms with Gasteiger partial charge in [0.1, 0.15) is 0 Å². The Bertz CT molecular complexity index is 504. The largest absolute Gasteiger partial charge is 0.329 e. The monoisotopic (exact) mass is 274 g/mol. The molecule has 94 valence electrons. The Labute approximate surface area is 106 Å². The van der Waals surface area contributed by atoms with Gasteiger partial charge >= 0.3 is 0 Å². The second-order valence-corrected chi connectivity index (χ2v) is 6.74. The van der Waals surface area contributed by atoms with Gasteiger partial charge in [0.25, 0.3) is 0 Å². The molecule has 2 N–H and O–H groups in total. The second kappa shape index (κ2) is 4.94. The number of nitrogens with zero attached hydrogens (tertiary/aromatic N) is 1. The molecule has 1 heterocycles. The molecule has 6 heteroatoms. The molecule has 0 amide bonds. The quantitative estimate of drug-likeness (QED) is 0.901. The van der Waals surface area contributed by atoms with E-state index < -0.39 is 15.3 Å². The SMILES string of the molecule is NCC1CCN(Cc2ccccc2Cl)S1(=O)=O. The Morgan fingerprint density at radius 2 is 2.12 bits per heavy atom. The number of benzene rings is 1. The summed E-state index contributed by atoms with van der Waals surface area (Å²) in [6.45, 7) is 1.04.